The Morgan fingerprint density at radius 3 is 2.95 bits per heavy atom. The highest BCUT2D eigenvalue weighted by Gasteiger charge is 2.14. The number of benzene rings is 1. The van der Waals surface area contributed by atoms with Crippen LogP contribution < -0.4 is 5.32 Å². The summed E-state index contributed by atoms with van der Waals surface area (Å²) in [6, 6.07) is 4.18. The third-order valence-corrected chi connectivity index (χ3v) is 3.11. The molecule has 1 amide bonds. The molecule has 0 spiro atoms. The lowest BCUT2D eigenvalue weighted by Crippen LogP contribution is -2.28. The van der Waals surface area contributed by atoms with Gasteiger partial charge in [-0.1, -0.05) is 6.08 Å². The Morgan fingerprint density at radius 2 is 2.32 bits per heavy atom. The van der Waals surface area contributed by atoms with E-state index >= 15 is 0 Å². The number of nitro benzene ring substituents is 1. The minimum Gasteiger partial charge on any atom is -0.376 e. The zero-order chi connectivity index (χ0) is 14.3. The Kier molecular flexibility index (Phi) is 6.43. The Hall–Kier alpha value is -1.48. The second-order valence-electron chi connectivity index (χ2n) is 3.54. The second-order valence-corrected chi connectivity index (χ2v) is 4.70. The average molecular weight is 376 g/mol. The van der Waals surface area contributed by atoms with Crippen LogP contribution in [0, 0.1) is 13.7 Å². The summed E-state index contributed by atoms with van der Waals surface area (Å²) >= 11 is 1.96. The normalized spacial score (nSPS) is 9.95. The molecular formula is C12H13IN2O4. The van der Waals surface area contributed by atoms with E-state index in [2.05, 4.69) is 11.9 Å². The summed E-state index contributed by atoms with van der Waals surface area (Å²) in [4.78, 5) is 22.0. The molecule has 6 nitrogen and oxygen atoms in total. The van der Waals surface area contributed by atoms with E-state index in [-0.39, 0.29) is 11.6 Å². The first kappa shape index (κ1) is 15.6. The SMILES string of the molecule is C=CCOCCNC(=O)c1cc([N+](=O)[O-])ccc1I. The molecule has 0 aliphatic heterocycles. The molecule has 1 rings (SSSR count). The van der Waals surface area contributed by atoms with E-state index in [1.54, 1.807) is 12.1 Å². The van der Waals surface area contributed by atoms with E-state index in [4.69, 9.17) is 4.74 Å². The van der Waals surface area contributed by atoms with Crippen molar-refractivity contribution < 1.29 is 14.5 Å². The molecule has 0 saturated heterocycles. The van der Waals surface area contributed by atoms with E-state index in [0.717, 1.165) is 0 Å². The molecule has 1 aromatic rings. The summed E-state index contributed by atoms with van der Waals surface area (Å²) in [5.41, 5.74) is 0.187. The molecule has 0 radical (unpaired) electrons. The molecular weight excluding hydrogens is 363 g/mol. The molecule has 0 atom stereocenters. The molecule has 0 aliphatic carbocycles. The van der Waals surface area contributed by atoms with Crippen molar-refractivity contribution in [2.24, 2.45) is 0 Å². The van der Waals surface area contributed by atoms with E-state index in [0.29, 0.717) is 28.9 Å². The highest BCUT2D eigenvalue weighted by molar-refractivity contribution is 14.1. The van der Waals surface area contributed by atoms with E-state index in [1.807, 2.05) is 22.6 Å². The minimum absolute atomic E-state index is 0.103. The number of hydrogen-bond donors (Lipinski definition) is 1. The topological polar surface area (TPSA) is 81.5 Å². The number of amides is 1. The fourth-order valence-corrected chi connectivity index (χ4v) is 1.88. The third-order valence-electron chi connectivity index (χ3n) is 2.17. The van der Waals surface area contributed by atoms with Crippen LogP contribution in [0.5, 0.6) is 0 Å². The molecule has 7 heteroatoms. The Labute approximate surface area is 124 Å². The maximum absolute atomic E-state index is 11.9. The lowest BCUT2D eigenvalue weighted by molar-refractivity contribution is -0.384. The fraction of sp³-hybridized carbons (Fsp3) is 0.250. The van der Waals surface area contributed by atoms with Gasteiger partial charge in [-0.25, -0.2) is 0 Å². The first-order valence-electron chi connectivity index (χ1n) is 5.47. The second kappa shape index (κ2) is 7.85. The summed E-state index contributed by atoms with van der Waals surface area (Å²) in [5.74, 6) is -0.352. The Bertz CT molecular complexity index is 491. The smallest absolute Gasteiger partial charge is 0.270 e. The highest BCUT2D eigenvalue weighted by Crippen LogP contribution is 2.19. The van der Waals surface area contributed by atoms with Crippen LogP contribution >= 0.6 is 22.6 Å². The van der Waals surface area contributed by atoms with Crippen LogP contribution in [0.15, 0.2) is 30.9 Å². The van der Waals surface area contributed by atoms with Gasteiger partial charge in [0, 0.05) is 22.2 Å². The predicted molar refractivity (Wildman–Crippen MR) is 79.2 cm³/mol. The summed E-state index contributed by atoms with van der Waals surface area (Å²) in [6.07, 6.45) is 1.62. The lowest BCUT2D eigenvalue weighted by Gasteiger charge is -2.07. The standard InChI is InChI=1S/C12H13IN2O4/c1-2-6-19-7-5-14-12(16)10-8-9(15(17)18)3-4-11(10)13/h2-4,8H,1,5-7H2,(H,14,16). The number of hydrogen-bond acceptors (Lipinski definition) is 4. The van der Waals surface area contributed by atoms with Crippen molar-refractivity contribution in [1.82, 2.24) is 5.32 Å². The van der Waals surface area contributed by atoms with Crippen molar-refractivity contribution in [3.05, 3.63) is 50.1 Å². The van der Waals surface area contributed by atoms with Gasteiger partial charge in [0.05, 0.1) is 23.7 Å². The molecule has 1 N–H and O–H groups in total. The van der Waals surface area contributed by atoms with Gasteiger partial charge in [-0.05, 0) is 28.7 Å². The van der Waals surface area contributed by atoms with E-state index < -0.39 is 4.92 Å². The Balaban J connectivity index is 2.63. The van der Waals surface area contributed by atoms with Gasteiger partial charge in [0.25, 0.3) is 11.6 Å². The van der Waals surface area contributed by atoms with Crippen LogP contribution in [0.1, 0.15) is 10.4 Å². The number of rotatable bonds is 7. The van der Waals surface area contributed by atoms with E-state index in [9.17, 15) is 14.9 Å². The van der Waals surface area contributed by atoms with Crippen molar-refractivity contribution in [3.63, 3.8) is 0 Å². The first-order valence-corrected chi connectivity index (χ1v) is 6.55. The number of nitrogens with one attached hydrogen (secondary N) is 1. The maximum atomic E-state index is 11.9. The van der Waals surface area contributed by atoms with Crippen LogP contribution in [0.2, 0.25) is 0 Å². The van der Waals surface area contributed by atoms with Crippen molar-refractivity contribution in [1.29, 1.82) is 0 Å². The molecule has 0 unspecified atom stereocenters. The van der Waals surface area contributed by atoms with Gasteiger partial charge in [0.15, 0.2) is 0 Å². The quantitative estimate of drug-likeness (QED) is 0.260. The van der Waals surface area contributed by atoms with Crippen LogP contribution in [-0.4, -0.2) is 30.6 Å². The Morgan fingerprint density at radius 1 is 1.58 bits per heavy atom. The number of carbonyl (C=O) groups is 1. The fourth-order valence-electron chi connectivity index (χ4n) is 1.30. The van der Waals surface area contributed by atoms with Gasteiger partial charge in [0.2, 0.25) is 0 Å². The van der Waals surface area contributed by atoms with Crippen molar-refractivity contribution >= 4 is 34.2 Å². The summed E-state index contributed by atoms with van der Waals surface area (Å²) < 4.78 is 5.78. The van der Waals surface area contributed by atoms with Crippen LogP contribution in [0.25, 0.3) is 0 Å². The van der Waals surface area contributed by atoms with Gasteiger partial charge >= 0.3 is 0 Å². The molecule has 0 aliphatic rings. The first-order chi connectivity index (χ1) is 9.06. The van der Waals surface area contributed by atoms with Crippen molar-refractivity contribution in [3.8, 4) is 0 Å². The van der Waals surface area contributed by atoms with Gasteiger partial charge in [-0.3, -0.25) is 14.9 Å². The van der Waals surface area contributed by atoms with Gasteiger partial charge < -0.3 is 10.1 Å². The molecule has 0 fully saturated rings. The zero-order valence-electron chi connectivity index (χ0n) is 10.1. The average Bonchev–Trinajstić information content (AvgIpc) is 2.38. The number of halogens is 1. The molecule has 0 saturated carbocycles. The highest BCUT2D eigenvalue weighted by atomic mass is 127. The largest absolute Gasteiger partial charge is 0.376 e. The minimum atomic E-state index is -0.528. The van der Waals surface area contributed by atoms with Crippen LogP contribution in [-0.2, 0) is 4.74 Å². The number of non-ortho nitro benzene ring substituents is 1. The molecule has 19 heavy (non-hydrogen) atoms. The molecule has 0 bridgehead atoms. The van der Waals surface area contributed by atoms with Crippen LogP contribution in [0.4, 0.5) is 5.69 Å². The van der Waals surface area contributed by atoms with Crippen molar-refractivity contribution in [2.75, 3.05) is 19.8 Å². The summed E-state index contributed by atoms with van der Waals surface area (Å²) in [5, 5.41) is 13.3. The summed E-state index contributed by atoms with van der Waals surface area (Å²) in [7, 11) is 0. The lowest BCUT2D eigenvalue weighted by atomic mass is 10.2. The number of ether oxygens (including phenoxy) is 1. The van der Waals surface area contributed by atoms with Gasteiger partial charge in [0.1, 0.15) is 0 Å². The third kappa shape index (κ3) is 4.95. The predicted octanol–water partition coefficient (Wildman–Crippen LogP) is 2.13. The number of carbonyl (C=O) groups excluding carboxylic acids is 1. The maximum Gasteiger partial charge on any atom is 0.270 e. The molecule has 0 aromatic heterocycles. The van der Waals surface area contributed by atoms with Gasteiger partial charge in [-0.2, -0.15) is 0 Å². The number of nitrogens with zero attached hydrogens (tertiary/aromatic N) is 1. The summed E-state index contributed by atoms with van der Waals surface area (Å²) in [6.45, 7) is 4.63. The molecule has 1 aromatic carbocycles. The van der Waals surface area contributed by atoms with E-state index in [1.165, 1.54) is 12.1 Å². The monoisotopic (exact) mass is 376 g/mol. The van der Waals surface area contributed by atoms with Crippen molar-refractivity contribution in [2.45, 2.75) is 0 Å². The molecule has 102 valence electrons. The number of nitro groups is 1. The zero-order valence-corrected chi connectivity index (χ0v) is 12.3. The molecule has 0 heterocycles. The van der Waals surface area contributed by atoms with Crippen LogP contribution in [0.3, 0.4) is 0 Å². The van der Waals surface area contributed by atoms with Gasteiger partial charge in [-0.15, -0.1) is 6.58 Å².